The van der Waals surface area contributed by atoms with Crippen LogP contribution in [-0.2, 0) is 11.3 Å². The molecule has 112 valence electrons. The predicted molar refractivity (Wildman–Crippen MR) is 77.3 cm³/mol. The summed E-state index contributed by atoms with van der Waals surface area (Å²) in [6, 6.07) is 0.598. The second-order valence-corrected chi connectivity index (χ2v) is 8.00. The van der Waals surface area contributed by atoms with Crippen molar-refractivity contribution in [3.05, 3.63) is 0 Å². The van der Waals surface area contributed by atoms with Crippen LogP contribution < -0.4 is 0 Å². The molecule has 2 fully saturated rings. The van der Waals surface area contributed by atoms with Gasteiger partial charge in [0.1, 0.15) is 0 Å². The molecule has 19 heavy (non-hydrogen) atoms. The maximum Gasteiger partial charge on any atom is 0.0209 e. The summed E-state index contributed by atoms with van der Waals surface area (Å²) in [6.45, 7) is 10.8. The zero-order chi connectivity index (χ0) is 14.0. The molecule has 4 nitrogen and oxygen atoms in total. The summed E-state index contributed by atoms with van der Waals surface area (Å²) in [4.78, 5) is 2.59. The third-order valence-electron chi connectivity index (χ3n) is 4.90. The molecule has 2 heterocycles. The first-order valence-corrected chi connectivity index (χ1v) is 8.49. The minimum Gasteiger partial charge on any atom is -0.760 e. The lowest BCUT2D eigenvalue weighted by Crippen LogP contribution is -2.48. The van der Waals surface area contributed by atoms with Crippen LogP contribution in [0.2, 0.25) is 0 Å². The van der Waals surface area contributed by atoms with Crippen LogP contribution in [-0.4, -0.2) is 50.2 Å². The van der Waals surface area contributed by atoms with Crippen LogP contribution in [0.25, 0.3) is 0 Å². The molecule has 0 radical (unpaired) electrons. The Hall–Kier alpha value is 0.0300. The van der Waals surface area contributed by atoms with E-state index in [0.717, 1.165) is 18.8 Å². The topological polar surface area (TPSA) is 46.6 Å². The van der Waals surface area contributed by atoms with Crippen LogP contribution in [0, 0.1) is 11.3 Å². The van der Waals surface area contributed by atoms with Crippen molar-refractivity contribution >= 4 is 11.3 Å². The molecule has 0 N–H and O–H groups in total. The van der Waals surface area contributed by atoms with Crippen LogP contribution in [0.1, 0.15) is 46.5 Å². The van der Waals surface area contributed by atoms with E-state index in [1.54, 1.807) is 4.31 Å². The number of hydrogen-bond donors (Lipinski definition) is 0. The monoisotopic (exact) mass is 287 g/mol. The summed E-state index contributed by atoms with van der Waals surface area (Å²) < 4.78 is 23.4. The van der Waals surface area contributed by atoms with Crippen molar-refractivity contribution in [3.8, 4) is 0 Å². The first-order valence-electron chi connectivity index (χ1n) is 7.46. The van der Waals surface area contributed by atoms with Gasteiger partial charge in [-0.05, 0) is 50.1 Å². The number of hydrogen-bond acceptors (Lipinski definition) is 3. The SMILES string of the molecule is CC(C)(C)C1CCN(C2CCN(S(=O)[O-])CC2)CC1. The van der Waals surface area contributed by atoms with Crippen molar-refractivity contribution in [1.82, 2.24) is 9.21 Å². The van der Waals surface area contributed by atoms with Gasteiger partial charge in [-0.25, -0.2) is 4.31 Å². The Bertz CT molecular complexity index is 314. The molecule has 2 rings (SSSR count). The number of piperidine rings is 2. The fourth-order valence-corrected chi connectivity index (χ4v) is 4.00. The zero-order valence-corrected chi connectivity index (χ0v) is 13.2. The number of likely N-dealkylation sites (tertiary alicyclic amines) is 1. The normalized spacial score (nSPS) is 27.6. The highest BCUT2D eigenvalue weighted by Gasteiger charge is 2.32. The van der Waals surface area contributed by atoms with Gasteiger partial charge in [0.25, 0.3) is 0 Å². The lowest BCUT2D eigenvalue weighted by atomic mass is 9.75. The standard InChI is InChI=1S/C14H28N2O2S/c1-14(2,3)12-4-8-15(9-5-12)13-6-10-16(11-7-13)19(17)18/h12-13H,4-11H2,1-3H3,(H,17,18)/p-1. The highest BCUT2D eigenvalue weighted by atomic mass is 32.2. The average molecular weight is 287 g/mol. The molecule has 5 heteroatoms. The molecular formula is C14H27N2O2S-. The van der Waals surface area contributed by atoms with Gasteiger partial charge in [0, 0.05) is 30.4 Å². The zero-order valence-electron chi connectivity index (χ0n) is 12.4. The molecule has 0 saturated carbocycles. The lowest BCUT2D eigenvalue weighted by Gasteiger charge is -2.44. The van der Waals surface area contributed by atoms with Crippen LogP contribution in [0.15, 0.2) is 0 Å². The quantitative estimate of drug-likeness (QED) is 0.730. The maximum absolute atomic E-state index is 10.9. The predicted octanol–water partition coefficient (Wildman–Crippen LogP) is 2.00. The van der Waals surface area contributed by atoms with Crippen molar-refractivity contribution in [1.29, 1.82) is 0 Å². The Labute approximate surface area is 120 Å². The molecular weight excluding hydrogens is 260 g/mol. The number of rotatable bonds is 2. The Balaban J connectivity index is 1.78. The third kappa shape index (κ3) is 4.00. The second-order valence-electron chi connectivity index (χ2n) is 7.05. The molecule has 0 bridgehead atoms. The molecule has 0 aromatic carbocycles. The van der Waals surface area contributed by atoms with Gasteiger partial charge in [0.15, 0.2) is 0 Å². The van der Waals surface area contributed by atoms with Gasteiger partial charge < -0.3 is 9.45 Å². The van der Waals surface area contributed by atoms with E-state index in [4.69, 9.17) is 0 Å². The van der Waals surface area contributed by atoms with Crippen molar-refractivity contribution in [2.75, 3.05) is 26.2 Å². The third-order valence-corrected chi connectivity index (χ3v) is 5.69. The Morgan fingerprint density at radius 3 is 1.95 bits per heavy atom. The van der Waals surface area contributed by atoms with Gasteiger partial charge in [-0.15, -0.1) is 0 Å². The summed E-state index contributed by atoms with van der Waals surface area (Å²) in [5.41, 5.74) is 0.426. The van der Waals surface area contributed by atoms with Crippen molar-refractivity contribution in [2.24, 2.45) is 11.3 Å². The van der Waals surface area contributed by atoms with Crippen LogP contribution in [0.5, 0.6) is 0 Å². The van der Waals surface area contributed by atoms with Gasteiger partial charge in [0.05, 0.1) is 0 Å². The maximum atomic E-state index is 10.9. The van der Waals surface area contributed by atoms with Gasteiger partial charge >= 0.3 is 0 Å². The van der Waals surface area contributed by atoms with Gasteiger partial charge in [-0.1, -0.05) is 20.8 Å². The van der Waals surface area contributed by atoms with Gasteiger partial charge in [-0.2, -0.15) is 0 Å². The van der Waals surface area contributed by atoms with E-state index in [0.29, 0.717) is 24.5 Å². The minimum atomic E-state index is -2.02. The van der Waals surface area contributed by atoms with E-state index in [1.807, 2.05) is 0 Å². The first-order chi connectivity index (χ1) is 8.88. The molecule has 0 amide bonds. The van der Waals surface area contributed by atoms with Crippen LogP contribution >= 0.6 is 0 Å². The number of nitrogens with zero attached hydrogens (tertiary/aromatic N) is 2. The molecule has 1 unspecified atom stereocenters. The van der Waals surface area contributed by atoms with Crippen molar-refractivity contribution in [2.45, 2.75) is 52.5 Å². The first kappa shape index (κ1) is 15.4. The van der Waals surface area contributed by atoms with E-state index in [-0.39, 0.29) is 0 Å². The molecule has 2 saturated heterocycles. The van der Waals surface area contributed by atoms with Crippen molar-refractivity contribution in [3.63, 3.8) is 0 Å². The Kier molecular flexibility index (Phi) is 5.04. The van der Waals surface area contributed by atoms with E-state index in [9.17, 15) is 8.76 Å². The Morgan fingerprint density at radius 1 is 1.00 bits per heavy atom. The molecule has 0 aromatic heterocycles. The van der Waals surface area contributed by atoms with E-state index in [1.165, 1.54) is 25.9 Å². The summed E-state index contributed by atoms with van der Waals surface area (Å²) in [6.07, 6.45) is 4.57. The molecule has 0 aromatic rings. The lowest BCUT2D eigenvalue weighted by molar-refractivity contribution is 0.0630. The largest absolute Gasteiger partial charge is 0.760 e. The summed E-state index contributed by atoms with van der Waals surface area (Å²) in [7, 11) is 0. The van der Waals surface area contributed by atoms with Gasteiger partial charge in [0.2, 0.25) is 0 Å². The summed E-state index contributed by atoms with van der Waals surface area (Å²) >= 11 is -2.02. The fraction of sp³-hybridized carbons (Fsp3) is 1.00. The van der Waals surface area contributed by atoms with Gasteiger partial charge in [-0.3, -0.25) is 4.21 Å². The highest BCUT2D eigenvalue weighted by Crippen LogP contribution is 2.35. The van der Waals surface area contributed by atoms with Crippen LogP contribution in [0.3, 0.4) is 0 Å². The minimum absolute atomic E-state index is 0.426. The van der Waals surface area contributed by atoms with E-state index in [2.05, 4.69) is 25.7 Å². The summed E-state index contributed by atoms with van der Waals surface area (Å²) in [5, 5.41) is 0. The fourth-order valence-electron chi connectivity index (χ4n) is 3.49. The molecule has 1 atom stereocenters. The van der Waals surface area contributed by atoms with E-state index >= 15 is 0 Å². The average Bonchev–Trinajstić information content (AvgIpc) is 2.38. The Morgan fingerprint density at radius 2 is 1.53 bits per heavy atom. The molecule has 2 aliphatic heterocycles. The van der Waals surface area contributed by atoms with Crippen molar-refractivity contribution < 1.29 is 8.76 Å². The molecule has 0 spiro atoms. The summed E-state index contributed by atoms with van der Waals surface area (Å²) in [5.74, 6) is 0.831. The van der Waals surface area contributed by atoms with E-state index < -0.39 is 11.3 Å². The smallest absolute Gasteiger partial charge is 0.0209 e. The second kappa shape index (κ2) is 6.20. The highest BCUT2D eigenvalue weighted by molar-refractivity contribution is 7.76. The molecule has 2 aliphatic rings. The van der Waals surface area contributed by atoms with Crippen LogP contribution in [0.4, 0.5) is 0 Å². The molecule has 0 aliphatic carbocycles.